The zero-order valence-electron chi connectivity index (χ0n) is 31.6. The first-order valence-electron chi connectivity index (χ1n) is 19.9. The van der Waals surface area contributed by atoms with Crippen molar-refractivity contribution < 1.29 is 4.42 Å². The molecule has 0 aliphatic heterocycles. The predicted octanol–water partition coefficient (Wildman–Crippen LogP) is 14.7. The monoisotopic (exact) mass is 740 g/mol. The van der Waals surface area contributed by atoms with Crippen molar-refractivity contribution in [3.63, 3.8) is 0 Å². The minimum atomic E-state index is -0.606. The topological polar surface area (TPSA) is 21.3 Å². The van der Waals surface area contributed by atoms with E-state index < -0.39 is 5.54 Å². The van der Waals surface area contributed by atoms with Crippen LogP contribution in [0.15, 0.2) is 223 Å². The maximum absolute atomic E-state index is 6.46. The lowest BCUT2D eigenvalue weighted by Crippen LogP contribution is -2.35. The molecule has 0 atom stereocenters. The van der Waals surface area contributed by atoms with Crippen LogP contribution in [0.2, 0.25) is 0 Å². The smallest absolute Gasteiger partial charge is 0.137 e. The molecule has 2 heterocycles. The Kier molecular flexibility index (Phi) is 7.14. The molecule has 2 aromatic heterocycles. The summed E-state index contributed by atoms with van der Waals surface area (Å²) in [6, 6.07) is 79.2. The lowest BCUT2D eigenvalue weighted by atomic mass is 9.80. The Balaban J connectivity index is 1.15. The second-order valence-corrected chi connectivity index (χ2v) is 15.2. The fourth-order valence-electron chi connectivity index (χ4n) is 9.84. The standard InChI is InChI=1S/C55H36N2O/c1-3-16-37(17-4-1)38-30-32-40(33-31-38)56(51-27-15-29-53-54(51)45-23-10-14-28-52(45)58-53)41-34-35-50-46(36-41)44-22-9-13-26-49(44)57(50)55(39-18-5-2-6-19-39)47-24-11-7-20-42(47)43-21-8-12-25-48(43)55/h1-36H. The van der Waals surface area contributed by atoms with Crippen molar-refractivity contribution in [3.05, 3.63) is 235 Å². The third kappa shape index (κ3) is 4.62. The highest BCUT2D eigenvalue weighted by Gasteiger charge is 2.47. The molecule has 58 heavy (non-hydrogen) atoms. The Morgan fingerprint density at radius 2 is 0.966 bits per heavy atom. The number of nitrogens with zero attached hydrogens (tertiary/aromatic N) is 2. The Labute approximate surface area is 336 Å². The maximum atomic E-state index is 6.46. The Hall–Kier alpha value is -7.62. The van der Waals surface area contributed by atoms with Crippen molar-refractivity contribution in [2.75, 3.05) is 4.90 Å². The molecule has 1 aliphatic carbocycles. The van der Waals surface area contributed by atoms with E-state index in [1.54, 1.807) is 0 Å². The molecule has 0 spiro atoms. The minimum absolute atomic E-state index is 0.606. The van der Waals surface area contributed by atoms with Gasteiger partial charge in [0.05, 0.1) is 22.1 Å². The number of hydrogen-bond acceptors (Lipinski definition) is 2. The SMILES string of the molecule is c1ccc(-c2ccc(N(c3ccc4c(c3)c3ccccc3n4C3(c4ccccc4)c4ccccc4-c4ccccc43)c3cccc4oc5ccccc5c34)cc2)cc1. The number of anilines is 3. The van der Waals surface area contributed by atoms with Crippen LogP contribution in [0, 0.1) is 0 Å². The Morgan fingerprint density at radius 1 is 0.397 bits per heavy atom. The lowest BCUT2D eigenvalue weighted by Gasteiger charge is -2.36. The third-order valence-corrected chi connectivity index (χ3v) is 12.2. The summed E-state index contributed by atoms with van der Waals surface area (Å²) in [5.74, 6) is 0. The quantitative estimate of drug-likeness (QED) is 0.169. The van der Waals surface area contributed by atoms with E-state index in [9.17, 15) is 0 Å². The summed E-state index contributed by atoms with van der Waals surface area (Å²) < 4.78 is 9.08. The van der Waals surface area contributed by atoms with Crippen LogP contribution in [0.3, 0.4) is 0 Å². The molecular formula is C55H36N2O. The van der Waals surface area contributed by atoms with Gasteiger partial charge in [-0.05, 0) is 93.5 Å². The molecule has 3 nitrogen and oxygen atoms in total. The van der Waals surface area contributed by atoms with Gasteiger partial charge in [-0.15, -0.1) is 0 Å². The van der Waals surface area contributed by atoms with Crippen LogP contribution >= 0.6 is 0 Å². The first-order valence-corrected chi connectivity index (χ1v) is 19.9. The first kappa shape index (κ1) is 32.6. The molecule has 0 radical (unpaired) electrons. The summed E-state index contributed by atoms with van der Waals surface area (Å²) in [6.45, 7) is 0. The largest absolute Gasteiger partial charge is 0.456 e. The van der Waals surface area contributed by atoms with E-state index in [2.05, 4.69) is 222 Å². The zero-order chi connectivity index (χ0) is 38.2. The van der Waals surface area contributed by atoms with E-state index in [1.165, 1.54) is 60.8 Å². The van der Waals surface area contributed by atoms with E-state index >= 15 is 0 Å². The van der Waals surface area contributed by atoms with Gasteiger partial charge in [-0.25, -0.2) is 0 Å². The second kappa shape index (κ2) is 12.7. The van der Waals surface area contributed by atoms with E-state index in [0.29, 0.717) is 0 Å². The zero-order valence-corrected chi connectivity index (χ0v) is 31.6. The molecule has 0 saturated heterocycles. The number of rotatable bonds is 6. The van der Waals surface area contributed by atoms with E-state index in [4.69, 9.17) is 4.42 Å². The molecule has 0 amide bonds. The molecule has 0 bridgehead atoms. The van der Waals surface area contributed by atoms with Crippen LogP contribution in [-0.2, 0) is 5.54 Å². The van der Waals surface area contributed by atoms with Crippen LogP contribution in [0.1, 0.15) is 16.7 Å². The van der Waals surface area contributed by atoms with Gasteiger partial charge in [-0.1, -0.05) is 164 Å². The maximum Gasteiger partial charge on any atom is 0.137 e. The van der Waals surface area contributed by atoms with Crippen molar-refractivity contribution >= 4 is 60.8 Å². The van der Waals surface area contributed by atoms with Gasteiger partial charge >= 0.3 is 0 Å². The van der Waals surface area contributed by atoms with Crippen molar-refractivity contribution in [1.29, 1.82) is 0 Å². The van der Waals surface area contributed by atoms with Crippen molar-refractivity contribution in [2.45, 2.75) is 5.54 Å². The first-order chi connectivity index (χ1) is 28.8. The van der Waals surface area contributed by atoms with Crippen LogP contribution in [0.5, 0.6) is 0 Å². The second-order valence-electron chi connectivity index (χ2n) is 15.2. The Bertz CT molecular complexity index is 3290. The van der Waals surface area contributed by atoms with Gasteiger partial charge in [0, 0.05) is 27.5 Å². The van der Waals surface area contributed by atoms with Crippen molar-refractivity contribution in [1.82, 2.24) is 4.57 Å². The molecule has 0 unspecified atom stereocenters. The van der Waals surface area contributed by atoms with Crippen LogP contribution in [-0.4, -0.2) is 4.57 Å². The molecule has 0 fully saturated rings. The summed E-state index contributed by atoms with van der Waals surface area (Å²) >= 11 is 0. The average molecular weight is 741 g/mol. The molecule has 9 aromatic carbocycles. The summed E-state index contributed by atoms with van der Waals surface area (Å²) in [4.78, 5) is 2.40. The normalized spacial score (nSPS) is 13.0. The fourth-order valence-corrected chi connectivity index (χ4v) is 9.84. The summed E-state index contributed by atoms with van der Waals surface area (Å²) in [5, 5.41) is 4.60. The Morgan fingerprint density at radius 3 is 1.72 bits per heavy atom. The van der Waals surface area contributed by atoms with E-state index in [-0.39, 0.29) is 0 Å². The van der Waals surface area contributed by atoms with E-state index in [0.717, 1.165) is 39.0 Å². The minimum Gasteiger partial charge on any atom is -0.456 e. The predicted molar refractivity (Wildman–Crippen MR) is 240 cm³/mol. The summed E-state index contributed by atoms with van der Waals surface area (Å²) in [7, 11) is 0. The lowest BCUT2D eigenvalue weighted by molar-refractivity contribution is 0.564. The number of para-hydroxylation sites is 2. The number of hydrogen-bond donors (Lipinski definition) is 0. The third-order valence-electron chi connectivity index (χ3n) is 12.2. The highest BCUT2D eigenvalue weighted by atomic mass is 16.3. The highest BCUT2D eigenvalue weighted by Crippen LogP contribution is 2.56. The van der Waals surface area contributed by atoms with Crippen LogP contribution < -0.4 is 4.90 Å². The number of benzene rings is 9. The molecule has 272 valence electrons. The number of furan rings is 1. The van der Waals surface area contributed by atoms with Gasteiger partial charge in [0.15, 0.2) is 0 Å². The molecule has 11 aromatic rings. The molecule has 0 saturated carbocycles. The summed E-state index contributed by atoms with van der Waals surface area (Å²) in [5.41, 5.74) is 15.4. The molecule has 3 heteroatoms. The highest BCUT2D eigenvalue weighted by molar-refractivity contribution is 6.15. The summed E-state index contributed by atoms with van der Waals surface area (Å²) in [6.07, 6.45) is 0. The van der Waals surface area contributed by atoms with Crippen LogP contribution in [0.25, 0.3) is 66.0 Å². The fraction of sp³-hybridized carbons (Fsp3) is 0.0182. The van der Waals surface area contributed by atoms with E-state index in [1.807, 2.05) is 6.07 Å². The number of aromatic nitrogens is 1. The van der Waals surface area contributed by atoms with Gasteiger partial charge in [-0.2, -0.15) is 0 Å². The average Bonchev–Trinajstić information content (AvgIpc) is 3.94. The van der Waals surface area contributed by atoms with Crippen molar-refractivity contribution in [3.8, 4) is 22.3 Å². The van der Waals surface area contributed by atoms with Gasteiger partial charge in [0.25, 0.3) is 0 Å². The van der Waals surface area contributed by atoms with Gasteiger partial charge < -0.3 is 13.9 Å². The van der Waals surface area contributed by atoms with Crippen LogP contribution in [0.4, 0.5) is 17.1 Å². The molecular weight excluding hydrogens is 705 g/mol. The number of fused-ring (bicyclic) bond motifs is 9. The van der Waals surface area contributed by atoms with Gasteiger partial charge in [-0.3, -0.25) is 0 Å². The van der Waals surface area contributed by atoms with Gasteiger partial charge in [0.1, 0.15) is 16.7 Å². The van der Waals surface area contributed by atoms with Crippen molar-refractivity contribution in [2.24, 2.45) is 0 Å². The van der Waals surface area contributed by atoms with Gasteiger partial charge in [0.2, 0.25) is 0 Å². The molecule has 0 N–H and O–H groups in total. The molecule has 1 aliphatic rings. The molecule has 12 rings (SSSR count).